The van der Waals surface area contributed by atoms with Crippen molar-refractivity contribution < 1.29 is 9.53 Å². The topological polar surface area (TPSA) is 121 Å². The number of amides is 1. The summed E-state index contributed by atoms with van der Waals surface area (Å²) in [5.41, 5.74) is 8.46. The van der Waals surface area contributed by atoms with Gasteiger partial charge in [0.1, 0.15) is 5.75 Å². The Morgan fingerprint density at radius 2 is 2.22 bits per heavy atom. The number of anilines is 1. The van der Waals surface area contributed by atoms with Gasteiger partial charge in [-0.15, -0.1) is 5.10 Å². The van der Waals surface area contributed by atoms with Crippen molar-refractivity contribution in [1.29, 1.82) is 0 Å². The van der Waals surface area contributed by atoms with E-state index in [0.29, 0.717) is 23.5 Å². The lowest BCUT2D eigenvalue weighted by atomic mass is 10.1. The normalized spacial score (nSPS) is 19.3. The molecule has 1 aromatic carbocycles. The molecule has 9 nitrogen and oxygen atoms in total. The molecule has 0 saturated heterocycles. The van der Waals surface area contributed by atoms with Gasteiger partial charge in [0.25, 0.3) is 0 Å². The van der Waals surface area contributed by atoms with Crippen molar-refractivity contribution in [2.75, 3.05) is 12.4 Å². The van der Waals surface area contributed by atoms with Crippen LogP contribution in [0.2, 0.25) is 0 Å². The first-order valence-electron chi connectivity index (χ1n) is 8.84. The number of nitrogens with one attached hydrogen (secondary N) is 1. The van der Waals surface area contributed by atoms with Crippen molar-refractivity contribution in [3.63, 3.8) is 0 Å². The molecule has 140 valence electrons. The zero-order valence-corrected chi connectivity index (χ0v) is 15.2. The van der Waals surface area contributed by atoms with E-state index in [0.717, 1.165) is 29.8 Å². The summed E-state index contributed by atoms with van der Waals surface area (Å²) in [4.78, 5) is 20.3. The standard InChI is InChI=1S/C18H21N7O2/c1-10-7-13(5-6-15(10)27-2)25-17-14(23-24-25)9-20-18(22-17)21-12-4-3-11(8-12)16(19)26/h5-7,9,11-12H,3-4,8H2,1-2H3,(H2,19,26)(H,20,21,22)/t11-,12-/m1/s1. The van der Waals surface area contributed by atoms with Crippen molar-refractivity contribution in [2.45, 2.75) is 32.2 Å². The third-order valence-corrected chi connectivity index (χ3v) is 4.98. The van der Waals surface area contributed by atoms with E-state index in [-0.39, 0.29) is 17.9 Å². The minimum absolute atomic E-state index is 0.0827. The van der Waals surface area contributed by atoms with Crippen LogP contribution < -0.4 is 15.8 Å². The van der Waals surface area contributed by atoms with Gasteiger partial charge in [-0.25, -0.2) is 4.98 Å². The fourth-order valence-corrected chi connectivity index (χ4v) is 3.52. The third kappa shape index (κ3) is 3.27. The van der Waals surface area contributed by atoms with E-state index in [1.165, 1.54) is 0 Å². The highest BCUT2D eigenvalue weighted by molar-refractivity contribution is 5.77. The number of benzene rings is 1. The number of nitrogens with zero attached hydrogens (tertiary/aromatic N) is 5. The van der Waals surface area contributed by atoms with Crippen LogP contribution in [-0.2, 0) is 4.79 Å². The Kier molecular flexibility index (Phi) is 4.35. The van der Waals surface area contributed by atoms with E-state index in [9.17, 15) is 4.79 Å². The zero-order valence-electron chi connectivity index (χ0n) is 15.2. The van der Waals surface area contributed by atoms with Gasteiger partial charge in [0.2, 0.25) is 11.9 Å². The summed E-state index contributed by atoms with van der Waals surface area (Å²) >= 11 is 0. The fraction of sp³-hybridized carbons (Fsp3) is 0.389. The Morgan fingerprint density at radius 3 is 2.93 bits per heavy atom. The molecule has 2 aromatic heterocycles. The molecule has 1 fully saturated rings. The largest absolute Gasteiger partial charge is 0.496 e. The second-order valence-electron chi connectivity index (χ2n) is 6.81. The van der Waals surface area contributed by atoms with Crippen LogP contribution in [0.5, 0.6) is 5.75 Å². The summed E-state index contributed by atoms with van der Waals surface area (Å²) in [5.74, 6) is 0.977. The number of hydrogen-bond acceptors (Lipinski definition) is 7. The van der Waals surface area contributed by atoms with Crippen LogP contribution >= 0.6 is 0 Å². The van der Waals surface area contributed by atoms with Gasteiger partial charge in [-0.2, -0.15) is 9.67 Å². The number of nitrogens with two attached hydrogens (primary N) is 1. The Labute approximate surface area is 155 Å². The van der Waals surface area contributed by atoms with Gasteiger partial charge in [0.05, 0.1) is 19.0 Å². The van der Waals surface area contributed by atoms with Crippen LogP contribution in [0, 0.1) is 12.8 Å². The van der Waals surface area contributed by atoms with E-state index < -0.39 is 0 Å². The Hall–Kier alpha value is -3.23. The van der Waals surface area contributed by atoms with Gasteiger partial charge in [0, 0.05) is 12.0 Å². The molecule has 0 aliphatic heterocycles. The first kappa shape index (κ1) is 17.2. The molecule has 0 bridgehead atoms. The lowest BCUT2D eigenvalue weighted by molar-refractivity contribution is -0.121. The quantitative estimate of drug-likeness (QED) is 0.702. The van der Waals surface area contributed by atoms with E-state index in [1.807, 2.05) is 25.1 Å². The Bertz CT molecular complexity index is 1000. The van der Waals surface area contributed by atoms with Crippen LogP contribution in [0.15, 0.2) is 24.4 Å². The van der Waals surface area contributed by atoms with Gasteiger partial charge < -0.3 is 15.8 Å². The maximum absolute atomic E-state index is 11.3. The van der Waals surface area contributed by atoms with E-state index in [4.69, 9.17) is 10.5 Å². The molecule has 1 amide bonds. The summed E-state index contributed by atoms with van der Waals surface area (Å²) in [7, 11) is 1.64. The third-order valence-electron chi connectivity index (χ3n) is 4.98. The highest BCUT2D eigenvalue weighted by atomic mass is 16.5. The number of carbonyl (C=O) groups is 1. The van der Waals surface area contributed by atoms with E-state index in [2.05, 4.69) is 25.6 Å². The summed E-state index contributed by atoms with van der Waals surface area (Å²) < 4.78 is 6.99. The predicted octanol–water partition coefficient (Wildman–Crippen LogP) is 1.59. The van der Waals surface area contributed by atoms with Gasteiger partial charge in [-0.05, 0) is 49.9 Å². The van der Waals surface area contributed by atoms with Crippen molar-refractivity contribution in [1.82, 2.24) is 25.0 Å². The average molecular weight is 367 g/mol. The van der Waals surface area contributed by atoms with Crippen LogP contribution in [0.1, 0.15) is 24.8 Å². The minimum Gasteiger partial charge on any atom is -0.496 e. The maximum atomic E-state index is 11.3. The fourth-order valence-electron chi connectivity index (χ4n) is 3.52. The van der Waals surface area contributed by atoms with Crippen molar-refractivity contribution in [2.24, 2.45) is 11.7 Å². The second-order valence-corrected chi connectivity index (χ2v) is 6.81. The number of methoxy groups -OCH3 is 1. The Morgan fingerprint density at radius 1 is 1.37 bits per heavy atom. The highest BCUT2D eigenvalue weighted by Crippen LogP contribution is 2.27. The summed E-state index contributed by atoms with van der Waals surface area (Å²) in [6.45, 7) is 1.97. The lowest BCUT2D eigenvalue weighted by Crippen LogP contribution is -2.23. The molecule has 3 aromatic rings. The number of ether oxygens (including phenoxy) is 1. The van der Waals surface area contributed by atoms with Gasteiger partial charge in [-0.3, -0.25) is 4.79 Å². The molecular formula is C18H21N7O2. The van der Waals surface area contributed by atoms with Crippen LogP contribution in [0.3, 0.4) is 0 Å². The average Bonchev–Trinajstić information content (AvgIpc) is 3.28. The molecular weight excluding hydrogens is 346 g/mol. The smallest absolute Gasteiger partial charge is 0.225 e. The SMILES string of the molecule is COc1ccc(-n2nnc3cnc(N[C@@H]4CC[C@@H](C(N)=O)C4)nc32)cc1C. The monoisotopic (exact) mass is 367 g/mol. The molecule has 1 saturated carbocycles. The number of carbonyl (C=O) groups excluding carboxylic acids is 1. The van der Waals surface area contributed by atoms with Gasteiger partial charge in [-0.1, -0.05) is 5.21 Å². The van der Waals surface area contributed by atoms with Gasteiger partial charge in [0.15, 0.2) is 11.2 Å². The number of hydrogen-bond donors (Lipinski definition) is 2. The molecule has 0 unspecified atom stereocenters. The van der Waals surface area contributed by atoms with Crippen molar-refractivity contribution in [3.05, 3.63) is 30.0 Å². The predicted molar refractivity (Wildman–Crippen MR) is 99.7 cm³/mol. The van der Waals surface area contributed by atoms with E-state index >= 15 is 0 Å². The van der Waals surface area contributed by atoms with Gasteiger partial charge >= 0.3 is 0 Å². The summed E-state index contributed by atoms with van der Waals surface area (Å²) in [6, 6.07) is 5.90. The van der Waals surface area contributed by atoms with Crippen LogP contribution in [0.4, 0.5) is 5.95 Å². The molecule has 2 atom stereocenters. The zero-order chi connectivity index (χ0) is 19.0. The number of aryl methyl sites for hydroxylation is 1. The molecule has 4 rings (SSSR count). The second kappa shape index (κ2) is 6.82. The number of primary amides is 1. The molecule has 2 heterocycles. The highest BCUT2D eigenvalue weighted by Gasteiger charge is 2.28. The lowest BCUT2D eigenvalue weighted by Gasteiger charge is -2.12. The number of rotatable bonds is 5. The summed E-state index contributed by atoms with van der Waals surface area (Å²) in [6.07, 6.45) is 4.00. The first-order valence-corrected chi connectivity index (χ1v) is 8.84. The minimum atomic E-state index is -0.243. The maximum Gasteiger partial charge on any atom is 0.225 e. The molecule has 0 radical (unpaired) electrons. The molecule has 9 heteroatoms. The van der Waals surface area contributed by atoms with Crippen LogP contribution in [0.25, 0.3) is 16.9 Å². The molecule has 1 aliphatic rings. The van der Waals surface area contributed by atoms with Crippen molar-refractivity contribution >= 4 is 23.0 Å². The molecule has 3 N–H and O–H groups in total. The van der Waals surface area contributed by atoms with E-state index in [1.54, 1.807) is 18.0 Å². The Balaban J connectivity index is 1.62. The summed E-state index contributed by atoms with van der Waals surface area (Å²) in [5, 5.41) is 11.6. The molecule has 27 heavy (non-hydrogen) atoms. The first-order chi connectivity index (χ1) is 13.0. The molecule has 0 spiro atoms. The van der Waals surface area contributed by atoms with Crippen LogP contribution in [-0.4, -0.2) is 44.0 Å². The molecule has 1 aliphatic carbocycles. The number of aromatic nitrogens is 5. The van der Waals surface area contributed by atoms with Crippen molar-refractivity contribution in [3.8, 4) is 11.4 Å². The number of fused-ring (bicyclic) bond motifs is 1.